The molecule has 0 radical (unpaired) electrons. The summed E-state index contributed by atoms with van der Waals surface area (Å²) in [5, 5.41) is 0.857. The molecule has 20 heavy (non-hydrogen) atoms. The van der Waals surface area contributed by atoms with Gasteiger partial charge in [0, 0.05) is 19.7 Å². The maximum absolute atomic E-state index is 12.0. The molecular formula is C15H18N2O2S. The Kier molecular flexibility index (Phi) is 4.39. The summed E-state index contributed by atoms with van der Waals surface area (Å²) in [6.07, 6.45) is 0. The summed E-state index contributed by atoms with van der Waals surface area (Å²) in [4.78, 5) is 18.8. The summed E-state index contributed by atoms with van der Waals surface area (Å²) in [5.41, 5.74) is 1.77. The van der Waals surface area contributed by atoms with Gasteiger partial charge in [0.1, 0.15) is 15.6 Å². The number of rotatable bonds is 4. The fraction of sp³-hybridized carbons (Fsp3) is 0.333. The molecule has 0 aliphatic rings. The molecule has 0 unspecified atom stereocenters. The Morgan fingerprint density at radius 3 is 2.50 bits per heavy atom. The second-order valence-electron chi connectivity index (χ2n) is 4.59. The Hall–Kier alpha value is -1.88. The number of hydrogen-bond acceptors (Lipinski definition) is 4. The van der Waals surface area contributed by atoms with Crippen LogP contribution in [0.15, 0.2) is 24.3 Å². The minimum Gasteiger partial charge on any atom is -0.494 e. The van der Waals surface area contributed by atoms with Gasteiger partial charge in [0.25, 0.3) is 5.91 Å². The molecule has 4 nitrogen and oxygen atoms in total. The molecule has 0 aliphatic heterocycles. The van der Waals surface area contributed by atoms with E-state index < -0.39 is 0 Å². The van der Waals surface area contributed by atoms with Crippen molar-refractivity contribution < 1.29 is 9.53 Å². The first-order valence-corrected chi connectivity index (χ1v) is 7.27. The van der Waals surface area contributed by atoms with Crippen LogP contribution in [-0.4, -0.2) is 36.5 Å². The van der Waals surface area contributed by atoms with Gasteiger partial charge in [-0.15, -0.1) is 11.3 Å². The summed E-state index contributed by atoms with van der Waals surface area (Å²) < 4.78 is 5.42. The zero-order valence-electron chi connectivity index (χ0n) is 12.1. The van der Waals surface area contributed by atoms with Crippen LogP contribution in [0.5, 0.6) is 5.75 Å². The maximum atomic E-state index is 12.0. The van der Waals surface area contributed by atoms with Crippen molar-refractivity contribution in [3.8, 4) is 16.3 Å². The van der Waals surface area contributed by atoms with Crippen LogP contribution in [-0.2, 0) is 0 Å². The largest absolute Gasteiger partial charge is 0.494 e. The van der Waals surface area contributed by atoms with E-state index in [0.29, 0.717) is 11.5 Å². The lowest BCUT2D eigenvalue weighted by atomic mass is 10.2. The number of thiazole rings is 1. The summed E-state index contributed by atoms with van der Waals surface area (Å²) in [6, 6.07) is 7.77. The van der Waals surface area contributed by atoms with Crippen molar-refractivity contribution in [3.05, 3.63) is 34.8 Å². The highest BCUT2D eigenvalue weighted by atomic mass is 32.1. The van der Waals surface area contributed by atoms with E-state index in [1.165, 1.54) is 11.3 Å². The SMILES string of the molecule is CCOc1ccc(-c2nc(C)c(C(=O)N(C)C)s2)cc1. The van der Waals surface area contributed by atoms with Crippen molar-refractivity contribution in [1.29, 1.82) is 0 Å². The van der Waals surface area contributed by atoms with Gasteiger partial charge in [0.05, 0.1) is 12.3 Å². The van der Waals surface area contributed by atoms with E-state index in [2.05, 4.69) is 4.98 Å². The quantitative estimate of drug-likeness (QED) is 0.868. The molecule has 0 aliphatic carbocycles. The van der Waals surface area contributed by atoms with Crippen molar-refractivity contribution in [2.45, 2.75) is 13.8 Å². The molecule has 1 amide bonds. The van der Waals surface area contributed by atoms with E-state index >= 15 is 0 Å². The van der Waals surface area contributed by atoms with Crippen LogP contribution in [0.4, 0.5) is 0 Å². The molecule has 5 heteroatoms. The van der Waals surface area contributed by atoms with Crippen LogP contribution in [0, 0.1) is 6.92 Å². The van der Waals surface area contributed by atoms with E-state index in [1.54, 1.807) is 19.0 Å². The second kappa shape index (κ2) is 6.05. The van der Waals surface area contributed by atoms with Crippen LogP contribution in [0.25, 0.3) is 10.6 Å². The zero-order chi connectivity index (χ0) is 14.7. The number of carbonyl (C=O) groups excluding carboxylic acids is 1. The molecule has 0 atom stereocenters. The molecule has 1 heterocycles. The Balaban J connectivity index is 2.29. The van der Waals surface area contributed by atoms with Crippen LogP contribution in [0.1, 0.15) is 22.3 Å². The van der Waals surface area contributed by atoms with Crippen LogP contribution >= 0.6 is 11.3 Å². The third-order valence-corrected chi connectivity index (χ3v) is 4.00. The Morgan fingerprint density at radius 1 is 1.30 bits per heavy atom. The predicted octanol–water partition coefficient (Wildman–Crippen LogP) is 3.22. The van der Waals surface area contributed by atoms with Gasteiger partial charge in [-0.1, -0.05) is 0 Å². The van der Waals surface area contributed by atoms with Gasteiger partial charge in [-0.2, -0.15) is 0 Å². The first kappa shape index (κ1) is 14.5. The molecule has 0 N–H and O–H groups in total. The number of amides is 1. The van der Waals surface area contributed by atoms with Crippen LogP contribution in [0.3, 0.4) is 0 Å². The van der Waals surface area contributed by atoms with Crippen molar-refractivity contribution in [2.24, 2.45) is 0 Å². The molecule has 2 rings (SSSR count). The number of benzene rings is 1. The molecule has 0 bridgehead atoms. The van der Waals surface area contributed by atoms with Gasteiger partial charge in [0.2, 0.25) is 0 Å². The monoisotopic (exact) mass is 290 g/mol. The highest BCUT2D eigenvalue weighted by Crippen LogP contribution is 2.29. The van der Waals surface area contributed by atoms with Crippen molar-refractivity contribution >= 4 is 17.2 Å². The molecule has 106 valence electrons. The van der Waals surface area contributed by atoms with Gasteiger partial charge < -0.3 is 9.64 Å². The molecule has 0 saturated carbocycles. The molecule has 0 saturated heterocycles. The van der Waals surface area contributed by atoms with Crippen LogP contribution < -0.4 is 4.74 Å². The second-order valence-corrected chi connectivity index (χ2v) is 5.59. The first-order chi connectivity index (χ1) is 9.52. The number of nitrogens with zero attached hydrogens (tertiary/aromatic N) is 2. The highest BCUT2D eigenvalue weighted by Gasteiger charge is 2.17. The highest BCUT2D eigenvalue weighted by molar-refractivity contribution is 7.17. The fourth-order valence-corrected chi connectivity index (χ4v) is 2.87. The standard InChI is InChI=1S/C15H18N2O2S/c1-5-19-12-8-6-11(7-9-12)14-16-10(2)13(20-14)15(18)17(3)4/h6-9H,5H2,1-4H3. The molecule has 0 fully saturated rings. The van der Waals surface area contributed by atoms with Gasteiger partial charge >= 0.3 is 0 Å². The minimum atomic E-state index is -0.00261. The fourth-order valence-electron chi connectivity index (χ4n) is 1.78. The summed E-state index contributed by atoms with van der Waals surface area (Å²) in [6.45, 7) is 4.47. The smallest absolute Gasteiger partial charge is 0.265 e. The van der Waals surface area contributed by atoms with Gasteiger partial charge in [-0.3, -0.25) is 4.79 Å². The van der Waals surface area contributed by atoms with Gasteiger partial charge in [-0.05, 0) is 38.1 Å². The van der Waals surface area contributed by atoms with Crippen LogP contribution in [0.2, 0.25) is 0 Å². The third-order valence-electron chi connectivity index (χ3n) is 2.81. The maximum Gasteiger partial charge on any atom is 0.265 e. The number of aryl methyl sites for hydroxylation is 1. The van der Waals surface area contributed by atoms with Gasteiger partial charge in [-0.25, -0.2) is 4.98 Å². The van der Waals surface area contributed by atoms with E-state index in [0.717, 1.165) is 22.0 Å². The lowest BCUT2D eigenvalue weighted by molar-refractivity contribution is 0.0831. The normalized spacial score (nSPS) is 10.4. The summed E-state index contributed by atoms with van der Waals surface area (Å²) in [5.74, 6) is 0.839. The summed E-state index contributed by atoms with van der Waals surface area (Å²) >= 11 is 1.43. The van der Waals surface area contributed by atoms with Gasteiger partial charge in [0.15, 0.2) is 0 Å². The Labute approximate surface area is 123 Å². The molecule has 2 aromatic rings. The molecule has 1 aromatic carbocycles. The lowest BCUT2D eigenvalue weighted by Gasteiger charge is -2.07. The molecule has 1 aromatic heterocycles. The molecule has 0 spiro atoms. The predicted molar refractivity (Wildman–Crippen MR) is 81.5 cm³/mol. The van der Waals surface area contributed by atoms with E-state index in [4.69, 9.17) is 4.74 Å². The number of hydrogen-bond donors (Lipinski definition) is 0. The van der Waals surface area contributed by atoms with Crippen molar-refractivity contribution in [3.63, 3.8) is 0 Å². The lowest BCUT2D eigenvalue weighted by Crippen LogP contribution is -2.21. The van der Waals surface area contributed by atoms with E-state index in [9.17, 15) is 4.79 Å². The number of carbonyl (C=O) groups is 1. The molecular weight excluding hydrogens is 272 g/mol. The average Bonchev–Trinajstić information content (AvgIpc) is 2.81. The minimum absolute atomic E-state index is 0.00261. The average molecular weight is 290 g/mol. The van der Waals surface area contributed by atoms with Crippen molar-refractivity contribution in [1.82, 2.24) is 9.88 Å². The number of ether oxygens (including phenoxy) is 1. The van der Waals surface area contributed by atoms with Crippen molar-refractivity contribution in [2.75, 3.05) is 20.7 Å². The van der Waals surface area contributed by atoms with E-state index in [1.807, 2.05) is 38.1 Å². The van der Waals surface area contributed by atoms with E-state index in [-0.39, 0.29) is 5.91 Å². The third kappa shape index (κ3) is 2.99. The first-order valence-electron chi connectivity index (χ1n) is 6.45. The number of aromatic nitrogens is 1. The Bertz CT molecular complexity index is 603. The Morgan fingerprint density at radius 2 is 1.95 bits per heavy atom. The topological polar surface area (TPSA) is 42.4 Å². The summed E-state index contributed by atoms with van der Waals surface area (Å²) in [7, 11) is 3.50. The zero-order valence-corrected chi connectivity index (χ0v) is 13.0.